The summed E-state index contributed by atoms with van der Waals surface area (Å²) in [6, 6.07) is 13.8. The molecule has 0 fully saturated rings. The first-order chi connectivity index (χ1) is 10.1. The molecule has 0 unspecified atom stereocenters. The molecule has 21 heavy (non-hydrogen) atoms. The average molecular weight is 286 g/mol. The van der Waals surface area contributed by atoms with Gasteiger partial charge in [0.1, 0.15) is 5.82 Å². The van der Waals surface area contributed by atoms with Crippen molar-refractivity contribution in [3.05, 3.63) is 59.9 Å². The van der Waals surface area contributed by atoms with Gasteiger partial charge in [-0.25, -0.2) is 4.39 Å². The summed E-state index contributed by atoms with van der Waals surface area (Å²) < 4.78 is 13.8. The summed E-state index contributed by atoms with van der Waals surface area (Å²) in [6.45, 7) is 2.29. The van der Waals surface area contributed by atoms with E-state index in [0.29, 0.717) is 30.8 Å². The highest BCUT2D eigenvalue weighted by Gasteiger charge is 2.16. The molecule has 110 valence electrons. The summed E-state index contributed by atoms with van der Waals surface area (Å²) in [4.78, 5) is 13.8. The lowest BCUT2D eigenvalue weighted by Crippen LogP contribution is -2.31. The van der Waals surface area contributed by atoms with Crippen molar-refractivity contribution in [3.63, 3.8) is 0 Å². The van der Waals surface area contributed by atoms with Gasteiger partial charge in [-0.15, -0.1) is 0 Å². The van der Waals surface area contributed by atoms with Crippen LogP contribution in [0.4, 0.5) is 15.8 Å². The van der Waals surface area contributed by atoms with E-state index < -0.39 is 0 Å². The molecule has 3 nitrogen and oxygen atoms in total. The van der Waals surface area contributed by atoms with E-state index in [4.69, 9.17) is 5.73 Å². The molecular formula is C17H19FN2O. The number of hydrogen-bond acceptors (Lipinski definition) is 2. The minimum Gasteiger partial charge on any atom is -0.399 e. The van der Waals surface area contributed by atoms with Crippen LogP contribution in [0.3, 0.4) is 0 Å². The molecule has 0 aliphatic heterocycles. The maximum atomic E-state index is 13.8. The molecular weight excluding hydrogens is 267 g/mol. The molecule has 0 spiro atoms. The number of aryl methyl sites for hydroxylation is 1. The van der Waals surface area contributed by atoms with Gasteiger partial charge in [0.2, 0.25) is 5.91 Å². The Hall–Kier alpha value is -2.36. The lowest BCUT2D eigenvalue weighted by molar-refractivity contribution is -0.118. The van der Waals surface area contributed by atoms with Gasteiger partial charge in [-0.3, -0.25) is 4.79 Å². The molecule has 0 saturated heterocycles. The molecule has 4 heteroatoms. The minimum atomic E-state index is -0.375. The third kappa shape index (κ3) is 3.81. The molecule has 0 aliphatic rings. The first kappa shape index (κ1) is 15.0. The Labute approximate surface area is 124 Å². The number of nitrogen functional groups attached to an aromatic ring is 1. The van der Waals surface area contributed by atoms with Crippen LogP contribution in [0.5, 0.6) is 0 Å². The summed E-state index contributed by atoms with van der Waals surface area (Å²) in [5, 5.41) is 0. The Kier molecular flexibility index (Phi) is 4.93. The lowest BCUT2D eigenvalue weighted by atomic mass is 10.1. The molecule has 2 aromatic rings. The molecule has 0 radical (unpaired) electrons. The fraction of sp³-hybridized carbons (Fsp3) is 0.235. The van der Waals surface area contributed by atoms with Crippen LogP contribution < -0.4 is 10.6 Å². The first-order valence-corrected chi connectivity index (χ1v) is 7.01. The monoisotopic (exact) mass is 286 g/mol. The van der Waals surface area contributed by atoms with E-state index in [2.05, 4.69) is 0 Å². The van der Waals surface area contributed by atoms with E-state index in [1.807, 2.05) is 31.2 Å². The van der Waals surface area contributed by atoms with E-state index in [9.17, 15) is 9.18 Å². The normalized spacial score (nSPS) is 10.4. The summed E-state index contributed by atoms with van der Waals surface area (Å²) in [6.07, 6.45) is 0.955. The number of anilines is 2. The SMILES string of the molecule is CCN(C(=O)CCc1ccc(N)cc1)c1ccccc1F. The maximum Gasteiger partial charge on any atom is 0.227 e. The zero-order chi connectivity index (χ0) is 15.2. The smallest absolute Gasteiger partial charge is 0.227 e. The molecule has 0 aliphatic carbocycles. The van der Waals surface area contributed by atoms with Crippen LogP contribution in [0.2, 0.25) is 0 Å². The fourth-order valence-corrected chi connectivity index (χ4v) is 2.22. The second-order valence-electron chi connectivity index (χ2n) is 4.83. The molecule has 0 heterocycles. The van der Waals surface area contributed by atoms with Crippen LogP contribution in [0.25, 0.3) is 0 Å². The van der Waals surface area contributed by atoms with E-state index in [1.165, 1.54) is 11.0 Å². The standard InChI is InChI=1S/C17H19FN2O/c1-2-20(16-6-4-3-5-15(16)18)17(21)12-9-13-7-10-14(19)11-8-13/h3-8,10-11H,2,9,12,19H2,1H3. The zero-order valence-electron chi connectivity index (χ0n) is 12.1. The number of amides is 1. The molecule has 0 atom stereocenters. The van der Waals surface area contributed by atoms with Crippen LogP contribution in [-0.4, -0.2) is 12.5 Å². The third-order valence-electron chi connectivity index (χ3n) is 3.37. The number of halogens is 1. The van der Waals surface area contributed by atoms with E-state index in [-0.39, 0.29) is 11.7 Å². The van der Waals surface area contributed by atoms with Crippen LogP contribution in [0.15, 0.2) is 48.5 Å². The first-order valence-electron chi connectivity index (χ1n) is 7.01. The third-order valence-corrected chi connectivity index (χ3v) is 3.37. The van der Waals surface area contributed by atoms with Gasteiger partial charge >= 0.3 is 0 Å². The van der Waals surface area contributed by atoms with Gasteiger partial charge in [0, 0.05) is 18.7 Å². The van der Waals surface area contributed by atoms with Crippen molar-refractivity contribution in [1.29, 1.82) is 0 Å². The van der Waals surface area contributed by atoms with Crippen LogP contribution in [-0.2, 0) is 11.2 Å². The zero-order valence-corrected chi connectivity index (χ0v) is 12.1. The number of carbonyl (C=O) groups is 1. The number of para-hydroxylation sites is 1. The molecule has 0 aromatic heterocycles. The number of nitrogens with two attached hydrogens (primary N) is 1. The van der Waals surface area contributed by atoms with E-state index >= 15 is 0 Å². The van der Waals surface area contributed by atoms with Gasteiger partial charge in [-0.1, -0.05) is 24.3 Å². The molecule has 2 aromatic carbocycles. The quantitative estimate of drug-likeness (QED) is 0.856. The van der Waals surface area contributed by atoms with E-state index in [0.717, 1.165) is 5.56 Å². The van der Waals surface area contributed by atoms with Gasteiger partial charge in [-0.05, 0) is 43.2 Å². The van der Waals surface area contributed by atoms with Gasteiger partial charge in [0.25, 0.3) is 0 Å². The van der Waals surface area contributed by atoms with Crippen LogP contribution in [0, 0.1) is 5.82 Å². The van der Waals surface area contributed by atoms with Crippen molar-refractivity contribution in [3.8, 4) is 0 Å². The highest BCUT2D eigenvalue weighted by molar-refractivity contribution is 5.93. The second kappa shape index (κ2) is 6.88. The van der Waals surface area contributed by atoms with Gasteiger partial charge in [-0.2, -0.15) is 0 Å². The molecule has 2 rings (SSSR count). The minimum absolute atomic E-state index is 0.0839. The second-order valence-corrected chi connectivity index (χ2v) is 4.83. The number of hydrogen-bond donors (Lipinski definition) is 1. The van der Waals surface area contributed by atoms with Crippen molar-refractivity contribution in [2.45, 2.75) is 19.8 Å². The van der Waals surface area contributed by atoms with Crippen molar-refractivity contribution in [2.24, 2.45) is 0 Å². The van der Waals surface area contributed by atoms with Gasteiger partial charge in [0.05, 0.1) is 5.69 Å². The highest BCUT2D eigenvalue weighted by Crippen LogP contribution is 2.20. The summed E-state index contributed by atoms with van der Waals surface area (Å²) >= 11 is 0. The Balaban J connectivity index is 2.04. The maximum absolute atomic E-state index is 13.8. The molecule has 0 saturated carbocycles. The lowest BCUT2D eigenvalue weighted by Gasteiger charge is -2.21. The Bertz CT molecular complexity index is 610. The van der Waals surface area contributed by atoms with Crippen molar-refractivity contribution < 1.29 is 9.18 Å². The van der Waals surface area contributed by atoms with Gasteiger partial charge < -0.3 is 10.6 Å². The fourth-order valence-electron chi connectivity index (χ4n) is 2.22. The average Bonchev–Trinajstić information content (AvgIpc) is 2.49. The largest absolute Gasteiger partial charge is 0.399 e. The van der Waals surface area contributed by atoms with Crippen LogP contribution >= 0.6 is 0 Å². The number of rotatable bonds is 5. The van der Waals surface area contributed by atoms with E-state index in [1.54, 1.807) is 18.2 Å². The van der Waals surface area contributed by atoms with Crippen molar-refractivity contribution in [1.82, 2.24) is 0 Å². The number of carbonyl (C=O) groups excluding carboxylic acids is 1. The van der Waals surface area contributed by atoms with Crippen molar-refractivity contribution in [2.75, 3.05) is 17.2 Å². The molecule has 2 N–H and O–H groups in total. The van der Waals surface area contributed by atoms with Crippen molar-refractivity contribution >= 4 is 17.3 Å². The van der Waals surface area contributed by atoms with Crippen LogP contribution in [0.1, 0.15) is 18.9 Å². The summed E-state index contributed by atoms with van der Waals surface area (Å²) in [7, 11) is 0. The molecule has 1 amide bonds. The highest BCUT2D eigenvalue weighted by atomic mass is 19.1. The molecule has 0 bridgehead atoms. The Morgan fingerprint density at radius 3 is 2.43 bits per heavy atom. The number of benzene rings is 2. The predicted molar refractivity (Wildman–Crippen MR) is 83.6 cm³/mol. The summed E-state index contributed by atoms with van der Waals surface area (Å²) in [5.74, 6) is -0.459. The summed E-state index contributed by atoms with van der Waals surface area (Å²) in [5.41, 5.74) is 7.71. The predicted octanol–water partition coefficient (Wildman–Crippen LogP) is 3.39. The van der Waals surface area contributed by atoms with Gasteiger partial charge in [0.15, 0.2) is 0 Å². The Morgan fingerprint density at radius 2 is 1.81 bits per heavy atom. The topological polar surface area (TPSA) is 46.3 Å². The number of nitrogens with zero attached hydrogens (tertiary/aromatic N) is 1. The Morgan fingerprint density at radius 1 is 1.14 bits per heavy atom.